The van der Waals surface area contributed by atoms with E-state index >= 15 is 0 Å². The van der Waals surface area contributed by atoms with Crippen LogP contribution in [0.15, 0.2) is 22.7 Å². The Balaban J connectivity index is 1.74. The summed E-state index contributed by atoms with van der Waals surface area (Å²) >= 11 is 14.1. The Morgan fingerprint density at radius 1 is 1.10 bits per heavy atom. The van der Waals surface area contributed by atoms with Crippen molar-refractivity contribution in [3.05, 3.63) is 55.6 Å². The number of aryl methyl sites for hydroxylation is 2. The van der Waals surface area contributed by atoms with Gasteiger partial charge in [-0.3, -0.25) is 9.59 Å². The number of anilines is 1. The second-order valence-electron chi connectivity index (χ2n) is 7.50. The molecule has 0 bridgehead atoms. The second-order valence-corrected chi connectivity index (χ2v) is 9.42. The van der Waals surface area contributed by atoms with Crippen LogP contribution in [0, 0.1) is 6.92 Å². The van der Waals surface area contributed by atoms with Crippen LogP contribution in [-0.2, 0) is 12.8 Å². The van der Waals surface area contributed by atoms with E-state index in [0.29, 0.717) is 31.9 Å². The van der Waals surface area contributed by atoms with Crippen molar-refractivity contribution in [3.63, 3.8) is 0 Å². The third kappa shape index (κ3) is 4.22. The topological polar surface area (TPSA) is 98.2 Å². The number of nitrogens with two attached hydrogens (primary N) is 1. The number of hydrogen-bond acceptors (Lipinski definition) is 5. The van der Waals surface area contributed by atoms with Gasteiger partial charge in [-0.05, 0) is 50.3 Å². The van der Waals surface area contributed by atoms with Crippen molar-refractivity contribution in [2.75, 3.05) is 5.32 Å². The highest BCUT2D eigenvalue weighted by Crippen LogP contribution is 2.39. The van der Waals surface area contributed by atoms with E-state index in [1.165, 1.54) is 11.3 Å². The van der Waals surface area contributed by atoms with Gasteiger partial charge in [-0.15, -0.1) is 11.3 Å². The minimum Gasteiger partial charge on any atom is -0.365 e. The van der Waals surface area contributed by atoms with Gasteiger partial charge < -0.3 is 15.6 Å². The average Bonchev–Trinajstić information content (AvgIpc) is 3.22. The Morgan fingerprint density at radius 3 is 2.45 bits per heavy atom. The van der Waals surface area contributed by atoms with Gasteiger partial charge in [0.15, 0.2) is 0 Å². The molecule has 1 aliphatic rings. The lowest BCUT2D eigenvalue weighted by Gasteiger charge is -2.10. The van der Waals surface area contributed by atoms with Crippen LogP contribution in [0.5, 0.6) is 0 Å². The maximum Gasteiger partial charge on any atom is 0.262 e. The molecule has 31 heavy (non-hydrogen) atoms. The van der Waals surface area contributed by atoms with Crippen LogP contribution < -0.4 is 11.1 Å². The molecule has 0 aliphatic heterocycles. The molecule has 162 valence electrons. The Labute approximate surface area is 193 Å². The zero-order chi connectivity index (χ0) is 22.1. The predicted molar refractivity (Wildman–Crippen MR) is 123 cm³/mol. The van der Waals surface area contributed by atoms with Gasteiger partial charge in [-0.2, -0.15) is 0 Å². The number of thiophene rings is 1. The highest BCUT2D eigenvalue weighted by atomic mass is 35.5. The van der Waals surface area contributed by atoms with Gasteiger partial charge in [-0.1, -0.05) is 47.3 Å². The van der Waals surface area contributed by atoms with Crippen molar-refractivity contribution < 1.29 is 14.1 Å². The van der Waals surface area contributed by atoms with Gasteiger partial charge >= 0.3 is 0 Å². The summed E-state index contributed by atoms with van der Waals surface area (Å²) in [7, 11) is 0. The maximum absolute atomic E-state index is 13.3. The Hall–Kier alpha value is -2.35. The number of nitrogens with one attached hydrogen (secondary N) is 1. The lowest BCUT2D eigenvalue weighted by Crippen LogP contribution is -2.19. The van der Waals surface area contributed by atoms with E-state index in [1.807, 2.05) is 0 Å². The molecule has 1 aliphatic carbocycles. The first kappa shape index (κ1) is 21.9. The number of fused-ring (bicyclic) bond motifs is 1. The van der Waals surface area contributed by atoms with E-state index in [0.717, 1.165) is 49.0 Å². The fourth-order valence-corrected chi connectivity index (χ4v) is 5.83. The van der Waals surface area contributed by atoms with Crippen LogP contribution in [0.4, 0.5) is 5.00 Å². The van der Waals surface area contributed by atoms with Crippen molar-refractivity contribution in [1.82, 2.24) is 5.16 Å². The molecule has 3 N–H and O–H groups in total. The van der Waals surface area contributed by atoms with E-state index in [9.17, 15) is 9.59 Å². The molecule has 9 heteroatoms. The molecule has 2 heterocycles. The lowest BCUT2D eigenvalue weighted by molar-refractivity contribution is 0.100. The number of carbonyl (C=O) groups is 2. The van der Waals surface area contributed by atoms with Crippen molar-refractivity contribution in [1.29, 1.82) is 0 Å². The number of aromatic nitrogens is 1. The third-order valence-electron chi connectivity index (χ3n) is 5.43. The summed E-state index contributed by atoms with van der Waals surface area (Å²) in [5.41, 5.74) is 7.96. The number of rotatable bonds is 4. The van der Waals surface area contributed by atoms with Crippen molar-refractivity contribution in [3.8, 4) is 11.3 Å². The summed E-state index contributed by atoms with van der Waals surface area (Å²) in [6.45, 7) is 1.64. The molecule has 1 aromatic carbocycles. The summed E-state index contributed by atoms with van der Waals surface area (Å²) in [6, 6.07) is 5.04. The largest absolute Gasteiger partial charge is 0.365 e. The fourth-order valence-electron chi connectivity index (χ4n) is 3.97. The Kier molecular flexibility index (Phi) is 6.36. The zero-order valence-electron chi connectivity index (χ0n) is 16.9. The second kappa shape index (κ2) is 9.02. The highest BCUT2D eigenvalue weighted by Gasteiger charge is 2.28. The first-order valence-corrected chi connectivity index (χ1v) is 11.6. The van der Waals surface area contributed by atoms with Crippen LogP contribution >= 0.6 is 34.5 Å². The summed E-state index contributed by atoms with van der Waals surface area (Å²) < 4.78 is 5.29. The summed E-state index contributed by atoms with van der Waals surface area (Å²) in [6.07, 6.45) is 6.00. The number of benzene rings is 1. The van der Waals surface area contributed by atoms with Crippen LogP contribution in [0.3, 0.4) is 0 Å². The molecule has 6 nitrogen and oxygen atoms in total. The molecule has 3 aromatic rings. The van der Waals surface area contributed by atoms with Crippen molar-refractivity contribution in [2.45, 2.75) is 45.4 Å². The molecule has 2 amide bonds. The molecule has 0 saturated heterocycles. The predicted octanol–water partition coefficient (Wildman–Crippen LogP) is 6.03. The normalized spacial score (nSPS) is 13.9. The Morgan fingerprint density at radius 2 is 1.77 bits per heavy atom. The van der Waals surface area contributed by atoms with Crippen LogP contribution in [0.25, 0.3) is 11.3 Å². The van der Waals surface area contributed by atoms with Gasteiger partial charge in [0.1, 0.15) is 22.0 Å². The quantitative estimate of drug-likeness (QED) is 0.479. The first-order valence-electron chi connectivity index (χ1n) is 10.0. The molecule has 2 aromatic heterocycles. The summed E-state index contributed by atoms with van der Waals surface area (Å²) in [5, 5.41) is 8.07. The van der Waals surface area contributed by atoms with Crippen LogP contribution in [0.1, 0.15) is 62.6 Å². The summed E-state index contributed by atoms with van der Waals surface area (Å²) in [4.78, 5) is 26.7. The van der Waals surface area contributed by atoms with Gasteiger partial charge in [0.2, 0.25) is 0 Å². The molecule has 0 spiro atoms. The van der Waals surface area contributed by atoms with E-state index in [4.69, 9.17) is 33.5 Å². The third-order valence-corrected chi connectivity index (χ3v) is 7.27. The monoisotopic (exact) mass is 477 g/mol. The molecular weight excluding hydrogens is 457 g/mol. The SMILES string of the molecule is Cc1onc(-c2c(Cl)cccc2Cl)c1C(=O)Nc1sc2c(c1C(N)=O)CCCCCC2. The molecule has 4 rings (SSSR count). The molecule has 0 unspecified atom stereocenters. The van der Waals surface area contributed by atoms with Crippen LogP contribution in [-0.4, -0.2) is 17.0 Å². The average molecular weight is 478 g/mol. The number of hydrogen-bond donors (Lipinski definition) is 2. The molecule has 0 radical (unpaired) electrons. The van der Waals surface area contributed by atoms with Crippen molar-refractivity contribution >= 4 is 51.4 Å². The lowest BCUT2D eigenvalue weighted by atomic mass is 9.96. The standard InChI is InChI=1S/C22H21Cl2N3O3S/c1-11-16(19(27-30-11)18-13(23)8-6-9-14(18)24)21(29)26-22-17(20(25)28)12-7-4-2-3-5-10-15(12)31-22/h6,8-9H,2-5,7,10H2,1H3,(H2,25,28)(H,26,29). The van der Waals surface area contributed by atoms with Gasteiger partial charge in [0, 0.05) is 10.4 Å². The highest BCUT2D eigenvalue weighted by molar-refractivity contribution is 7.17. The maximum atomic E-state index is 13.3. The molecule has 0 fully saturated rings. The van der Waals surface area contributed by atoms with Gasteiger partial charge in [0.05, 0.1) is 15.6 Å². The molecule has 0 saturated carbocycles. The fraction of sp³-hybridized carbons (Fsp3) is 0.318. The number of amides is 2. The van der Waals surface area contributed by atoms with Gasteiger partial charge in [-0.25, -0.2) is 0 Å². The Bertz CT molecular complexity index is 1150. The van der Waals surface area contributed by atoms with Gasteiger partial charge in [0.25, 0.3) is 11.8 Å². The number of nitrogens with zero attached hydrogens (tertiary/aromatic N) is 1. The number of carbonyl (C=O) groups excluding carboxylic acids is 2. The van der Waals surface area contributed by atoms with E-state index < -0.39 is 11.8 Å². The molecular formula is C22H21Cl2N3O3S. The number of primary amides is 1. The van der Waals surface area contributed by atoms with E-state index in [2.05, 4.69) is 10.5 Å². The molecule has 0 atom stereocenters. The minimum atomic E-state index is -0.537. The smallest absolute Gasteiger partial charge is 0.262 e. The minimum absolute atomic E-state index is 0.214. The number of halogens is 2. The first-order chi connectivity index (χ1) is 14.9. The zero-order valence-corrected chi connectivity index (χ0v) is 19.2. The summed E-state index contributed by atoms with van der Waals surface area (Å²) in [5.74, 6) is -0.676. The van der Waals surface area contributed by atoms with E-state index in [-0.39, 0.29) is 11.3 Å². The van der Waals surface area contributed by atoms with Crippen molar-refractivity contribution in [2.24, 2.45) is 5.73 Å². The van der Waals surface area contributed by atoms with E-state index in [1.54, 1.807) is 25.1 Å². The van der Waals surface area contributed by atoms with Crippen LogP contribution in [0.2, 0.25) is 10.0 Å².